The monoisotopic (exact) mass is 1670 g/mol. The predicted octanol–water partition coefficient (Wildman–Crippen LogP) is 17.9. The molecule has 0 aromatic carbocycles. The Morgan fingerprint density at radius 1 is 0.346 bits per heavy atom. The first kappa shape index (κ1) is 76.6. The Labute approximate surface area is 717 Å². The number of aromatic amines is 8. The molecule has 0 unspecified atom stereocenters. The van der Waals surface area contributed by atoms with Crippen LogP contribution in [0.3, 0.4) is 0 Å². The van der Waals surface area contributed by atoms with Crippen LogP contribution in [0.4, 0.5) is 11.4 Å². The number of fused-ring (bicyclic) bond motifs is 8. The number of pyridine rings is 12. The molecule has 618 valence electrons. The average molecular weight is 1670 g/mol. The van der Waals surface area contributed by atoms with Crippen LogP contribution in [-0.2, 0) is 6.54 Å². The van der Waals surface area contributed by atoms with E-state index in [-0.39, 0.29) is 0 Å². The smallest absolute Gasteiger partial charge is 0.181 e. The van der Waals surface area contributed by atoms with Crippen molar-refractivity contribution >= 4 is 99.6 Å². The topological polar surface area (TPSA) is 464 Å². The number of imidazole rings is 4. The molecule has 0 aliphatic rings. The SMILES string of the molecule is CC(C)Nc1cncc(-c2cnc3n[nH]c(-c4nc5c(-c6ccoc6)cncc5[nH]4)c3c2)c1.CCNCc1cncc(-c2cnc3n[nH]c(-c4nc5c(-c6ccoc6)cncc5[nH]4)c3c2)c1.CN(C)c1cncc(-c2cnc3n[nH]c(-c4nc5c(-c6ccoc6)cncc5[nH]4)c3c2)c1.c1cncc(-c2cnc3n[nH]c(-c4nc5c(-c6ccoc6)cncc5[nH]4)c3c2)c1. The maximum atomic E-state index is 5.24. The Bertz CT molecular complexity index is 8040. The van der Waals surface area contributed by atoms with E-state index in [1.165, 1.54) is 0 Å². The number of aromatic nitrogens is 28. The predicted molar refractivity (Wildman–Crippen MR) is 481 cm³/mol. The maximum absolute atomic E-state index is 5.24. The van der Waals surface area contributed by atoms with Gasteiger partial charge in [-0.1, -0.05) is 13.0 Å². The molecule has 0 amide bonds. The van der Waals surface area contributed by atoms with Gasteiger partial charge < -0.3 is 53.1 Å². The molecular formula is C92H71N31O4. The molecule has 0 spiro atoms. The van der Waals surface area contributed by atoms with Crippen LogP contribution in [0.1, 0.15) is 26.3 Å². The lowest BCUT2D eigenvalue weighted by Gasteiger charge is -2.12. The molecule has 24 aromatic heterocycles. The van der Waals surface area contributed by atoms with E-state index >= 15 is 0 Å². The van der Waals surface area contributed by atoms with Crippen molar-refractivity contribution in [3.8, 4) is 135 Å². The zero-order valence-electron chi connectivity index (χ0n) is 68.2. The van der Waals surface area contributed by atoms with Gasteiger partial charge in [0.1, 0.15) is 44.8 Å². The van der Waals surface area contributed by atoms with Crippen molar-refractivity contribution in [3.63, 3.8) is 0 Å². The van der Waals surface area contributed by atoms with Gasteiger partial charge in [-0.3, -0.25) is 60.3 Å². The van der Waals surface area contributed by atoms with E-state index in [1.54, 1.807) is 112 Å². The Kier molecular flexibility index (Phi) is 19.9. The molecule has 0 aliphatic heterocycles. The molecule has 10 N–H and O–H groups in total. The second kappa shape index (κ2) is 33.0. The highest BCUT2D eigenvalue weighted by atomic mass is 16.3. The molecular weight excluding hydrogens is 1600 g/mol. The standard InChI is InChI=1S/2C24H20N8O.C23H18N8O.C21H13N7O/c1-13(2)28-17-5-15(7-25-9-17)16-6-18-22(31-32-23(18)27-8-16)24-29-20-11-26-10-19(21(20)30-24)14-3-4-33-12-14;1-2-25-7-14-5-16(9-26-8-14)17-6-18-22(31-32-23(18)28-10-17)24-29-20-12-27-11-19(21(20)30-24)15-3-4-33-13-15;1-31(2)16-5-14(7-24-9-16)15-6-17-21(29-30-22(17)26-8-15)23-27-19-11-25-10-18(20(19)28-23)13-3-4-32-12-13;1-2-12(7-22-4-1)14-6-15-19(27-28-20(15)24-8-14)21-25-17-10-23-9-16(18(17)26-21)13-3-5-29-11-13/h3-13,28H,1-2H3,(H,29,30)(H,27,31,32);3-6,8-13,25H,2,7H2,1H3,(H,29,30)(H,28,31,32);3-12H,1-2H3,(H,27,28)(H,26,29,30);1-11H,(H,25,26)(H,24,27,28). The van der Waals surface area contributed by atoms with Crippen LogP contribution < -0.4 is 15.5 Å². The first-order valence-electron chi connectivity index (χ1n) is 40.2. The second-order valence-electron chi connectivity index (χ2n) is 30.2. The minimum Gasteiger partial charge on any atom is -0.472 e. The minimum atomic E-state index is 0.317. The third-order valence-electron chi connectivity index (χ3n) is 21.3. The van der Waals surface area contributed by atoms with Crippen molar-refractivity contribution in [2.24, 2.45) is 0 Å². The van der Waals surface area contributed by atoms with Gasteiger partial charge in [0.25, 0.3) is 0 Å². The lowest BCUT2D eigenvalue weighted by molar-refractivity contribution is 0.568. The maximum Gasteiger partial charge on any atom is 0.181 e. The summed E-state index contributed by atoms with van der Waals surface area (Å²) in [6.07, 6.45) is 49.3. The summed E-state index contributed by atoms with van der Waals surface area (Å²) in [6.45, 7) is 7.96. The van der Waals surface area contributed by atoms with Crippen molar-refractivity contribution in [1.29, 1.82) is 0 Å². The average Bonchev–Trinajstić information content (AvgIpc) is 1.63. The summed E-state index contributed by atoms with van der Waals surface area (Å²) in [7, 11) is 3.98. The summed E-state index contributed by atoms with van der Waals surface area (Å²) in [5, 5.41) is 40.0. The van der Waals surface area contributed by atoms with E-state index in [4.69, 9.17) is 37.6 Å². The van der Waals surface area contributed by atoms with E-state index in [9.17, 15) is 0 Å². The van der Waals surface area contributed by atoms with Crippen molar-refractivity contribution in [2.75, 3.05) is 30.9 Å². The van der Waals surface area contributed by atoms with Crippen LogP contribution in [0.25, 0.3) is 223 Å². The lowest BCUT2D eigenvalue weighted by atomic mass is 10.1. The van der Waals surface area contributed by atoms with Crippen molar-refractivity contribution < 1.29 is 17.7 Å². The second-order valence-corrected chi connectivity index (χ2v) is 30.2. The molecule has 0 radical (unpaired) electrons. The normalized spacial score (nSPS) is 11.5. The number of anilines is 2. The molecule has 127 heavy (non-hydrogen) atoms. The molecule has 24 rings (SSSR count). The van der Waals surface area contributed by atoms with Crippen LogP contribution in [0, 0.1) is 0 Å². The van der Waals surface area contributed by atoms with Gasteiger partial charge >= 0.3 is 0 Å². The molecule has 24 heterocycles. The Balaban J connectivity index is 0.000000103. The molecule has 0 saturated heterocycles. The summed E-state index contributed by atoms with van der Waals surface area (Å²) < 4.78 is 20.9. The van der Waals surface area contributed by atoms with Gasteiger partial charge in [0.05, 0.1) is 136 Å². The van der Waals surface area contributed by atoms with E-state index in [2.05, 4.69) is 188 Å². The first-order chi connectivity index (χ1) is 62.5. The zero-order chi connectivity index (χ0) is 85.4. The van der Waals surface area contributed by atoms with Crippen LogP contribution in [-0.4, -0.2) is 167 Å². The quantitative estimate of drug-likeness (QED) is 0.0381. The van der Waals surface area contributed by atoms with Gasteiger partial charge in [-0.05, 0) is 98.8 Å². The summed E-state index contributed by atoms with van der Waals surface area (Å²) in [6, 6.07) is 26.3. The van der Waals surface area contributed by atoms with E-state index in [1.807, 2.05) is 123 Å². The van der Waals surface area contributed by atoms with Gasteiger partial charge in [-0.15, -0.1) is 0 Å². The summed E-state index contributed by atoms with van der Waals surface area (Å²) in [5.41, 5.74) is 30.3. The molecule has 0 atom stereocenters. The number of rotatable bonds is 18. The highest BCUT2D eigenvalue weighted by molar-refractivity contribution is 6.02. The van der Waals surface area contributed by atoms with Crippen LogP contribution >= 0.6 is 0 Å². The Hall–Kier alpha value is -17.8. The summed E-state index contributed by atoms with van der Waals surface area (Å²) >= 11 is 0. The third kappa shape index (κ3) is 15.1. The van der Waals surface area contributed by atoms with Gasteiger partial charge in [-0.25, -0.2) is 39.9 Å². The number of nitrogens with one attached hydrogen (secondary N) is 10. The van der Waals surface area contributed by atoms with Crippen molar-refractivity contribution in [3.05, 3.63) is 258 Å². The molecule has 0 aliphatic carbocycles. The Morgan fingerprint density at radius 3 is 1.05 bits per heavy atom. The molecule has 0 bridgehead atoms. The highest BCUT2D eigenvalue weighted by Gasteiger charge is 2.24. The van der Waals surface area contributed by atoms with Crippen molar-refractivity contribution in [1.82, 2.24) is 146 Å². The molecule has 0 saturated carbocycles. The fourth-order valence-electron chi connectivity index (χ4n) is 15.1. The number of nitrogens with zero attached hydrogens (tertiary/aromatic N) is 21. The number of hydrogen-bond donors (Lipinski definition) is 10. The van der Waals surface area contributed by atoms with Gasteiger partial charge in [0.15, 0.2) is 45.9 Å². The summed E-state index contributed by atoms with van der Waals surface area (Å²) in [5.74, 6) is 2.67. The number of furan rings is 4. The number of H-pyrrole nitrogens is 8. The van der Waals surface area contributed by atoms with Gasteiger partial charge in [-0.2, -0.15) is 20.4 Å². The minimum absolute atomic E-state index is 0.317. The van der Waals surface area contributed by atoms with Gasteiger partial charge in [0.2, 0.25) is 0 Å². The van der Waals surface area contributed by atoms with Crippen LogP contribution in [0.15, 0.2) is 271 Å². The van der Waals surface area contributed by atoms with Crippen molar-refractivity contribution in [2.45, 2.75) is 33.4 Å². The third-order valence-corrected chi connectivity index (χ3v) is 21.3. The largest absolute Gasteiger partial charge is 0.472 e. The van der Waals surface area contributed by atoms with E-state index in [0.717, 1.165) is 207 Å². The Morgan fingerprint density at radius 2 is 0.693 bits per heavy atom. The van der Waals surface area contributed by atoms with Gasteiger partial charge in [0, 0.05) is 209 Å². The summed E-state index contributed by atoms with van der Waals surface area (Å²) in [4.78, 5) is 87.6. The fourth-order valence-corrected chi connectivity index (χ4v) is 15.1. The number of hydrogen-bond acceptors (Lipinski definition) is 27. The lowest BCUT2D eigenvalue weighted by Crippen LogP contribution is -2.11. The fraction of sp³-hybridized carbons (Fsp3) is 0.0870. The first-order valence-corrected chi connectivity index (χ1v) is 40.2. The molecule has 0 fully saturated rings. The molecule has 35 heteroatoms. The van der Waals surface area contributed by atoms with Crippen LogP contribution in [0.2, 0.25) is 0 Å². The van der Waals surface area contributed by atoms with E-state index in [0.29, 0.717) is 51.9 Å². The molecule has 35 nitrogen and oxygen atoms in total. The van der Waals surface area contributed by atoms with E-state index < -0.39 is 0 Å². The zero-order valence-corrected chi connectivity index (χ0v) is 68.2. The van der Waals surface area contributed by atoms with Crippen LogP contribution in [0.5, 0.6) is 0 Å². The highest BCUT2D eigenvalue weighted by Crippen LogP contribution is 2.39. The molecule has 24 aromatic rings.